The van der Waals surface area contributed by atoms with Gasteiger partial charge in [0.1, 0.15) is 5.52 Å². The first-order valence-corrected chi connectivity index (χ1v) is 8.16. The first-order chi connectivity index (χ1) is 12.6. The highest BCUT2D eigenvalue weighted by Gasteiger charge is 2.09. The fourth-order valence-corrected chi connectivity index (χ4v) is 2.71. The molecule has 0 amide bonds. The number of aliphatic imine (C=N–C) groups is 1. The van der Waals surface area contributed by atoms with E-state index in [2.05, 4.69) is 9.98 Å². The maximum atomic E-state index is 13.4. The molecule has 1 aromatic heterocycles. The van der Waals surface area contributed by atoms with E-state index < -0.39 is 11.6 Å². The minimum Gasteiger partial charge on any atom is -0.504 e. The van der Waals surface area contributed by atoms with Crippen molar-refractivity contribution in [3.05, 3.63) is 77.1 Å². The Labute approximate surface area is 153 Å². The second-order valence-corrected chi connectivity index (χ2v) is 6.05. The number of phenols is 1. The fourth-order valence-electron chi connectivity index (χ4n) is 2.52. The van der Waals surface area contributed by atoms with E-state index in [1.807, 2.05) is 12.1 Å². The van der Waals surface area contributed by atoms with Gasteiger partial charge < -0.3 is 9.52 Å². The van der Waals surface area contributed by atoms with Gasteiger partial charge in [0.15, 0.2) is 17.1 Å². The van der Waals surface area contributed by atoms with Crippen molar-refractivity contribution in [1.82, 2.24) is 4.98 Å². The highest BCUT2D eigenvalue weighted by Crippen LogP contribution is 2.28. The molecule has 0 aliphatic carbocycles. The maximum absolute atomic E-state index is 13.4. The topological polar surface area (TPSA) is 58.6 Å². The summed E-state index contributed by atoms with van der Waals surface area (Å²) >= 11 is 6.01. The summed E-state index contributed by atoms with van der Waals surface area (Å²) in [4.78, 5) is 8.73. The molecule has 0 fully saturated rings. The molecule has 6 heteroatoms. The van der Waals surface area contributed by atoms with E-state index in [0.29, 0.717) is 33.3 Å². The molecule has 0 saturated carbocycles. The Balaban J connectivity index is 1.67. The van der Waals surface area contributed by atoms with Gasteiger partial charge in [0.05, 0.1) is 5.69 Å². The van der Waals surface area contributed by atoms with Gasteiger partial charge in [-0.1, -0.05) is 23.7 Å². The van der Waals surface area contributed by atoms with E-state index in [4.69, 9.17) is 16.0 Å². The number of rotatable bonds is 3. The SMILES string of the molecule is Oc1c(F)cccc1C=Nc1ccc2oc(-c3cccc(Cl)c3)nc2c1. The quantitative estimate of drug-likeness (QED) is 0.470. The van der Waals surface area contributed by atoms with Gasteiger partial charge >= 0.3 is 0 Å². The molecule has 0 atom stereocenters. The number of phenolic OH excluding ortho intramolecular Hbond substituents is 1. The molecule has 3 aromatic carbocycles. The third-order valence-electron chi connectivity index (χ3n) is 3.81. The smallest absolute Gasteiger partial charge is 0.227 e. The first-order valence-electron chi connectivity index (χ1n) is 7.78. The Bertz CT molecular complexity index is 1140. The third-order valence-corrected chi connectivity index (χ3v) is 4.05. The predicted octanol–water partition coefficient (Wildman–Crippen LogP) is 5.74. The minimum absolute atomic E-state index is 0.296. The van der Waals surface area contributed by atoms with Crippen LogP contribution in [0.3, 0.4) is 0 Å². The molecule has 0 aliphatic rings. The summed E-state index contributed by atoms with van der Waals surface area (Å²) in [5.41, 5.74) is 2.94. The molecule has 0 unspecified atom stereocenters. The average Bonchev–Trinajstić information content (AvgIpc) is 3.06. The van der Waals surface area contributed by atoms with Gasteiger partial charge in [0.25, 0.3) is 0 Å². The van der Waals surface area contributed by atoms with Crippen LogP contribution in [-0.2, 0) is 0 Å². The normalized spacial score (nSPS) is 11.5. The summed E-state index contributed by atoms with van der Waals surface area (Å²) < 4.78 is 19.1. The highest BCUT2D eigenvalue weighted by atomic mass is 35.5. The Morgan fingerprint density at radius 1 is 1.08 bits per heavy atom. The van der Waals surface area contributed by atoms with Crippen molar-refractivity contribution < 1.29 is 13.9 Å². The molecule has 26 heavy (non-hydrogen) atoms. The van der Waals surface area contributed by atoms with Crippen molar-refractivity contribution in [3.63, 3.8) is 0 Å². The van der Waals surface area contributed by atoms with Crippen molar-refractivity contribution in [2.75, 3.05) is 0 Å². The molecule has 4 aromatic rings. The molecule has 4 rings (SSSR count). The van der Waals surface area contributed by atoms with Gasteiger partial charge in [0.2, 0.25) is 5.89 Å². The zero-order valence-corrected chi connectivity index (χ0v) is 14.1. The molecular formula is C20H12ClFN2O2. The molecule has 4 nitrogen and oxygen atoms in total. The second kappa shape index (κ2) is 6.61. The van der Waals surface area contributed by atoms with Crippen LogP contribution < -0.4 is 0 Å². The third kappa shape index (κ3) is 3.17. The van der Waals surface area contributed by atoms with Crippen molar-refractivity contribution in [2.45, 2.75) is 0 Å². The van der Waals surface area contributed by atoms with E-state index in [0.717, 1.165) is 5.56 Å². The van der Waals surface area contributed by atoms with Gasteiger partial charge in [-0.25, -0.2) is 9.37 Å². The monoisotopic (exact) mass is 366 g/mol. The minimum atomic E-state index is -0.688. The van der Waals surface area contributed by atoms with Crippen LogP contribution in [0, 0.1) is 5.82 Å². The summed E-state index contributed by atoms with van der Waals surface area (Å²) in [7, 11) is 0. The second-order valence-electron chi connectivity index (χ2n) is 5.62. The van der Waals surface area contributed by atoms with Crippen LogP contribution in [0.25, 0.3) is 22.6 Å². The number of hydrogen-bond acceptors (Lipinski definition) is 4. The lowest BCUT2D eigenvalue weighted by atomic mass is 10.2. The van der Waals surface area contributed by atoms with Gasteiger partial charge in [-0.3, -0.25) is 4.99 Å². The summed E-state index contributed by atoms with van der Waals surface area (Å²) in [5, 5.41) is 10.3. The molecule has 128 valence electrons. The summed E-state index contributed by atoms with van der Waals surface area (Å²) in [6, 6.07) is 16.8. The number of para-hydroxylation sites is 1. The van der Waals surface area contributed by atoms with Crippen molar-refractivity contribution >= 4 is 34.6 Å². The first kappa shape index (κ1) is 16.3. The number of benzene rings is 3. The molecule has 1 heterocycles. The van der Waals surface area contributed by atoms with Crippen LogP contribution >= 0.6 is 11.6 Å². The van der Waals surface area contributed by atoms with Crippen LogP contribution in [0.1, 0.15) is 5.56 Å². The van der Waals surface area contributed by atoms with Crippen LogP contribution in [0.15, 0.2) is 70.1 Å². The van der Waals surface area contributed by atoms with E-state index in [9.17, 15) is 9.50 Å². The standard InChI is InChI=1S/C20H12ClFN2O2/c21-14-5-1-3-12(9-14)20-24-17-10-15(7-8-18(17)26-20)23-11-13-4-2-6-16(22)19(13)25/h1-11,25H. The molecule has 0 radical (unpaired) electrons. The van der Waals surface area contributed by atoms with Gasteiger partial charge in [-0.05, 0) is 48.5 Å². The number of oxazole rings is 1. The van der Waals surface area contributed by atoms with Crippen molar-refractivity contribution in [3.8, 4) is 17.2 Å². The fraction of sp³-hybridized carbons (Fsp3) is 0. The Morgan fingerprint density at radius 3 is 2.77 bits per heavy atom. The Morgan fingerprint density at radius 2 is 1.92 bits per heavy atom. The lowest BCUT2D eigenvalue weighted by molar-refractivity contribution is 0.431. The van der Waals surface area contributed by atoms with Crippen molar-refractivity contribution in [2.24, 2.45) is 4.99 Å². The van der Waals surface area contributed by atoms with Crippen molar-refractivity contribution in [1.29, 1.82) is 0 Å². The molecule has 1 N–H and O–H groups in total. The van der Waals surface area contributed by atoms with E-state index in [1.54, 1.807) is 36.4 Å². The Kier molecular flexibility index (Phi) is 4.14. The van der Waals surface area contributed by atoms with E-state index >= 15 is 0 Å². The molecular weight excluding hydrogens is 355 g/mol. The number of nitrogens with zero attached hydrogens (tertiary/aromatic N) is 2. The number of aromatic hydroxyl groups is 1. The maximum Gasteiger partial charge on any atom is 0.227 e. The van der Waals surface area contributed by atoms with Gasteiger partial charge in [-0.15, -0.1) is 0 Å². The average molecular weight is 367 g/mol. The number of fused-ring (bicyclic) bond motifs is 1. The predicted molar refractivity (Wildman–Crippen MR) is 99.8 cm³/mol. The number of aromatic nitrogens is 1. The van der Waals surface area contributed by atoms with E-state index in [1.165, 1.54) is 18.3 Å². The van der Waals surface area contributed by atoms with E-state index in [-0.39, 0.29) is 0 Å². The zero-order valence-electron chi connectivity index (χ0n) is 13.4. The molecule has 0 spiro atoms. The summed E-state index contributed by atoms with van der Waals surface area (Å²) in [5.74, 6) is -0.652. The molecule has 0 aliphatic heterocycles. The van der Waals surface area contributed by atoms with Crippen LogP contribution in [0.5, 0.6) is 5.75 Å². The van der Waals surface area contributed by atoms with Gasteiger partial charge in [-0.2, -0.15) is 0 Å². The number of hydrogen-bond donors (Lipinski definition) is 1. The molecule has 0 bridgehead atoms. The largest absolute Gasteiger partial charge is 0.504 e. The summed E-state index contributed by atoms with van der Waals surface area (Å²) in [6.07, 6.45) is 1.40. The van der Waals surface area contributed by atoms with Crippen LogP contribution in [-0.4, -0.2) is 16.3 Å². The summed E-state index contributed by atoms with van der Waals surface area (Å²) in [6.45, 7) is 0. The number of halogens is 2. The lowest BCUT2D eigenvalue weighted by Crippen LogP contribution is -1.85. The van der Waals surface area contributed by atoms with Crippen LogP contribution in [0.2, 0.25) is 5.02 Å². The van der Waals surface area contributed by atoms with Gasteiger partial charge in [0, 0.05) is 22.4 Å². The Hall–Kier alpha value is -3.18. The molecule has 0 saturated heterocycles. The van der Waals surface area contributed by atoms with Crippen LogP contribution in [0.4, 0.5) is 10.1 Å². The highest BCUT2D eigenvalue weighted by molar-refractivity contribution is 6.30. The lowest BCUT2D eigenvalue weighted by Gasteiger charge is -1.99. The zero-order chi connectivity index (χ0) is 18.1.